The first-order valence-electron chi connectivity index (χ1n) is 5.63. The number of hydrogen-bond donors (Lipinski definition) is 2. The van der Waals surface area contributed by atoms with E-state index >= 15 is 0 Å². The second kappa shape index (κ2) is 4.65. The van der Waals surface area contributed by atoms with E-state index < -0.39 is 11.2 Å². The highest BCUT2D eigenvalue weighted by Crippen LogP contribution is 2.40. The van der Waals surface area contributed by atoms with Crippen molar-refractivity contribution in [2.75, 3.05) is 11.9 Å². The molecule has 1 saturated carbocycles. The van der Waals surface area contributed by atoms with Crippen molar-refractivity contribution in [1.29, 1.82) is 0 Å². The minimum atomic E-state index is -4.45. The van der Waals surface area contributed by atoms with Crippen molar-refractivity contribution in [1.82, 2.24) is 10.2 Å². The molecule has 0 spiro atoms. The van der Waals surface area contributed by atoms with E-state index in [0.29, 0.717) is 11.3 Å². The second-order valence-corrected chi connectivity index (χ2v) is 5.79. The van der Waals surface area contributed by atoms with Gasteiger partial charge in [-0.05, 0) is 12.8 Å². The van der Waals surface area contributed by atoms with E-state index in [1.165, 1.54) is 0 Å². The van der Waals surface area contributed by atoms with Gasteiger partial charge in [-0.25, -0.2) is 0 Å². The average molecular weight is 281 g/mol. The fourth-order valence-electron chi connectivity index (χ4n) is 2.21. The lowest BCUT2D eigenvalue weighted by atomic mass is 9.86. The van der Waals surface area contributed by atoms with Crippen molar-refractivity contribution in [2.45, 2.75) is 38.4 Å². The summed E-state index contributed by atoms with van der Waals surface area (Å²) < 4.78 is 37.1. The van der Waals surface area contributed by atoms with Gasteiger partial charge in [-0.3, -0.25) is 0 Å². The van der Waals surface area contributed by atoms with Gasteiger partial charge in [0.2, 0.25) is 10.1 Å². The molecule has 1 fully saturated rings. The Labute approximate surface area is 106 Å². The van der Waals surface area contributed by atoms with Gasteiger partial charge in [0, 0.05) is 11.5 Å². The van der Waals surface area contributed by atoms with Crippen LogP contribution in [0.15, 0.2) is 0 Å². The summed E-state index contributed by atoms with van der Waals surface area (Å²) in [6, 6.07) is -0.0588. The number of aromatic nitrogens is 2. The molecule has 0 aliphatic heterocycles. The lowest BCUT2D eigenvalue weighted by Crippen LogP contribution is -2.36. The summed E-state index contributed by atoms with van der Waals surface area (Å²) in [5.74, 6) is 0. The highest BCUT2D eigenvalue weighted by atomic mass is 32.1. The molecule has 8 heteroatoms. The predicted octanol–water partition coefficient (Wildman–Crippen LogP) is 2.52. The minimum absolute atomic E-state index is 0.00952. The molecular formula is C10H14F3N3OS. The van der Waals surface area contributed by atoms with Crippen LogP contribution in [0.4, 0.5) is 18.3 Å². The van der Waals surface area contributed by atoms with Crippen LogP contribution in [0.25, 0.3) is 0 Å². The van der Waals surface area contributed by atoms with Crippen LogP contribution in [-0.4, -0.2) is 28.0 Å². The van der Waals surface area contributed by atoms with Gasteiger partial charge in [0.05, 0.1) is 6.61 Å². The van der Waals surface area contributed by atoms with E-state index in [1.807, 2.05) is 6.92 Å². The molecular weight excluding hydrogens is 267 g/mol. The highest BCUT2D eigenvalue weighted by molar-refractivity contribution is 7.15. The molecule has 1 aromatic heterocycles. The number of halogens is 3. The summed E-state index contributed by atoms with van der Waals surface area (Å²) in [5.41, 5.74) is -0.302. The monoisotopic (exact) mass is 281 g/mol. The third-order valence-electron chi connectivity index (χ3n) is 3.41. The molecule has 18 heavy (non-hydrogen) atoms. The number of alkyl halides is 3. The molecule has 0 bridgehead atoms. The van der Waals surface area contributed by atoms with E-state index in [-0.39, 0.29) is 23.2 Å². The second-order valence-electron chi connectivity index (χ2n) is 4.81. The maximum atomic E-state index is 12.4. The average Bonchev–Trinajstić information content (AvgIpc) is 2.87. The number of nitrogens with zero attached hydrogens (tertiary/aromatic N) is 2. The molecule has 1 aliphatic rings. The Hall–Kier alpha value is -0.890. The van der Waals surface area contributed by atoms with Crippen LogP contribution < -0.4 is 5.32 Å². The van der Waals surface area contributed by atoms with Crippen LogP contribution in [0.5, 0.6) is 0 Å². The molecule has 4 nitrogen and oxygen atoms in total. The third-order valence-corrected chi connectivity index (χ3v) is 4.31. The maximum absolute atomic E-state index is 12.4. The predicted molar refractivity (Wildman–Crippen MR) is 61.4 cm³/mol. The number of aliphatic hydroxyl groups excluding tert-OH is 1. The van der Waals surface area contributed by atoms with E-state index in [4.69, 9.17) is 0 Å². The number of aliphatic hydroxyl groups is 1. The van der Waals surface area contributed by atoms with E-state index in [2.05, 4.69) is 15.5 Å². The summed E-state index contributed by atoms with van der Waals surface area (Å²) in [4.78, 5) is 0. The van der Waals surface area contributed by atoms with Crippen LogP contribution in [0.1, 0.15) is 31.2 Å². The molecule has 0 unspecified atom stereocenters. The lowest BCUT2D eigenvalue weighted by Gasteiger charge is -2.29. The quantitative estimate of drug-likeness (QED) is 0.894. The Morgan fingerprint density at radius 1 is 1.50 bits per heavy atom. The normalized spacial score (nSPS) is 28.6. The standard InChI is InChI=1S/C10H14F3N3OS/c1-9(5-17)4-2-3-6(9)14-8-16-15-7(18-8)10(11,12)13/h6,17H,2-5H2,1H3,(H,14,16)/t6-,9+/m0/s1. The van der Waals surface area contributed by atoms with Crippen molar-refractivity contribution in [2.24, 2.45) is 5.41 Å². The van der Waals surface area contributed by atoms with Crippen LogP contribution in [-0.2, 0) is 6.18 Å². The zero-order chi connectivity index (χ0) is 13.4. The van der Waals surface area contributed by atoms with Gasteiger partial charge in [-0.1, -0.05) is 24.7 Å². The zero-order valence-corrected chi connectivity index (χ0v) is 10.6. The molecule has 0 aromatic carbocycles. The summed E-state index contributed by atoms with van der Waals surface area (Å²) in [6.07, 6.45) is -1.84. The summed E-state index contributed by atoms with van der Waals surface area (Å²) in [5, 5.41) is 18.1. The van der Waals surface area contributed by atoms with Gasteiger partial charge >= 0.3 is 6.18 Å². The molecule has 102 valence electrons. The van der Waals surface area contributed by atoms with Gasteiger partial charge in [0.25, 0.3) is 0 Å². The number of anilines is 1. The van der Waals surface area contributed by atoms with Gasteiger partial charge in [-0.2, -0.15) is 13.2 Å². The maximum Gasteiger partial charge on any atom is 0.445 e. The third kappa shape index (κ3) is 2.59. The van der Waals surface area contributed by atoms with Crippen molar-refractivity contribution in [3.8, 4) is 0 Å². The summed E-state index contributed by atoms with van der Waals surface area (Å²) >= 11 is 0.498. The minimum Gasteiger partial charge on any atom is -0.396 e. The Kier molecular flexibility index (Phi) is 3.50. The number of hydrogen-bond acceptors (Lipinski definition) is 5. The molecule has 0 amide bonds. The Morgan fingerprint density at radius 3 is 2.78 bits per heavy atom. The molecule has 2 atom stereocenters. The number of nitrogens with one attached hydrogen (secondary N) is 1. The molecule has 1 aromatic rings. The Balaban J connectivity index is 2.08. The van der Waals surface area contributed by atoms with Crippen molar-refractivity contribution in [3.63, 3.8) is 0 Å². The SMILES string of the molecule is C[C@]1(CO)CCC[C@@H]1Nc1nnc(C(F)(F)F)s1. The van der Waals surface area contributed by atoms with E-state index in [9.17, 15) is 18.3 Å². The molecule has 0 saturated heterocycles. The van der Waals surface area contributed by atoms with Gasteiger partial charge in [0.1, 0.15) is 0 Å². The van der Waals surface area contributed by atoms with Crippen LogP contribution in [0.3, 0.4) is 0 Å². The van der Waals surface area contributed by atoms with Crippen molar-refractivity contribution in [3.05, 3.63) is 5.01 Å². The van der Waals surface area contributed by atoms with Crippen molar-refractivity contribution >= 4 is 16.5 Å². The lowest BCUT2D eigenvalue weighted by molar-refractivity contribution is -0.138. The molecule has 2 rings (SSSR count). The van der Waals surface area contributed by atoms with E-state index in [1.54, 1.807) is 0 Å². The topological polar surface area (TPSA) is 58.0 Å². The van der Waals surface area contributed by atoms with Gasteiger partial charge < -0.3 is 10.4 Å². The van der Waals surface area contributed by atoms with Crippen molar-refractivity contribution < 1.29 is 18.3 Å². The number of rotatable bonds is 3. The molecule has 2 N–H and O–H groups in total. The van der Waals surface area contributed by atoms with Gasteiger partial charge in [-0.15, -0.1) is 10.2 Å². The first-order valence-corrected chi connectivity index (χ1v) is 6.45. The van der Waals surface area contributed by atoms with Crippen LogP contribution in [0, 0.1) is 5.41 Å². The van der Waals surface area contributed by atoms with Gasteiger partial charge in [0.15, 0.2) is 0 Å². The smallest absolute Gasteiger partial charge is 0.396 e. The highest BCUT2D eigenvalue weighted by Gasteiger charge is 2.40. The fourth-order valence-corrected chi connectivity index (χ4v) is 2.88. The first-order chi connectivity index (χ1) is 8.35. The summed E-state index contributed by atoms with van der Waals surface area (Å²) in [7, 11) is 0. The fraction of sp³-hybridized carbons (Fsp3) is 0.800. The Bertz CT molecular complexity index is 423. The Morgan fingerprint density at radius 2 is 2.22 bits per heavy atom. The molecule has 0 radical (unpaired) electrons. The largest absolute Gasteiger partial charge is 0.445 e. The van der Waals surface area contributed by atoms with E-state index in [0.717, 1.165) is 19.3 Å². The van der Waals surface area contributed by atoms with Crippen LogP contribution in [0.2, 0.25) is 0 Å². The molecule has 1 aliphatic carbocycles. The summed E-state index contributed by atoms with van der Waals surface area (Å²) in [6.45, 7) is 1.93. The zero-order valence-electron chi connectivity index (χ0n) is 9.79. The molecule has 1 heterocycles. The van der Waals surface area contributed by atoms with Crippen LogP contribution >= 0.6 is 11.3 Å². The first kappa shape index (κ1) is 13.5.